The molecule has 6 heteroatoms. The van der Waals surface area contributed by atoms with Gasteiger partial charge < -0.3 is 14.4 Å². The fraction of sp³-hybridized carbons (Fsp3) is 0.880. The van der Waals surface area contributed by atoms with E-state index in [0.717, 1.165) is 25.7 Å². The van der Waals surface area contributed by atoms with Crippen molar-refractivity contribution < 1.29 is 14.3 Å². The van der Waals surface area contributed by atoms with Crippen molar-refractivity contribution in [1.29, 1.82) is 0 Å². The van der Waals surface area contributed by atoms with Gasteiger partial charge >= 0.3 is 0 Å². The molecule has 2 rings (SSSR count). The average Bonchev–Trinajstić information content (AvgIpc) is 2.67. The Kier molecular flexibility index (Phi) is 8.40. The smallest absolute Gasteiger partial charge is 0.227 e. The highest BCUT2D eigenvalue weighted by Gasteiger charge is 2.64. The minimum Gasteiger partial charge on any atom is -0.344 e. The fourth-order valence-electron chi connectivity index (χ4n) is 5.26. The molecule has 1 amide bonds. The van der Waals surface area contributed by atoms with Crippen LogP contribution in [0.1, 0.15) is 74.1 Å². The van der Waals surface area contributed by atoms with Gasteiger partial charge in [-0.1, -0.05) is 40.7 Å². The maximum Gasteiger partial charge on any atom is 0.227 e. The lowest BCUT2D eigenvalue weighted by Crippen LogP contribution is -2.76. The maximum absolute atomic E-state index is 13.9. The summed E-state index contributed by atoms with van der Waals surface area (Å²) in [6.45, 7) is 17.7. The van der Waals surface area contributed by atoms with Gasteiger partial charge in [-0.15, -0.1) is 0 Å². The van der Waals surface area contributed by atoms with Crippen LogP contribution in [0.4, 0.5) is 0 Å². The van der Waals surface area contributed by atoms with Crippen LogP contribution in [0.25, 0.3) is 0 Å². The van der Waals surface area contributed by atoms with Gasteiger partial charge in [0.1, 0.15) is 5.54 Å². The molecule has 1 saturated heterocycles. The molecule has 0 aromatic heterocycles. The standard InChI is InChI=1S/C25H47N3O3/c1-10-13-15-25(30-18-23(6,7)19-31-25)24(26-27(8)9)17-22(4,5)16-14-20(24)21(29)28(11-2)12-3/h13,15,20,26H,10-12,14,16-19H2,1-9H3/b15-13+. The molecule has 1 saturated carbocycles. The first kappa shape index (κ1) is 26.3. The zero-order valence-electron chi connectivity index (χ0n) is 21.5. The summed E-state index contributed by atoms with van der Waals surface area (Å²) >= 11 is 0. The van der Waals surface area contributed by atoms with Crippen LogP contribution < -0.4 is 5.43 Å². The predicted molar refractivity (Wildman–Crippen MR) is 126 cm³/mol. The molecule has 0 aromatic carbocycles. The zero-order chi connectivity index (χ0) is 23.5. The first-order valence-corrected chi connectivity index (χ1v) is 12.1. The van der Waals surface area contributed by atoms with Gasteiger partial charge in [0.15, 0.2) is 0 Å². The minimum atomic E-state index is -1.01. The summed E-state index contributed by atoms with van der Waals surface area (Å²) in [4.78, 5) is 15.8. The SMILES string of the molecule is CC/C=C/C1(C2(NN(C)C)CC(C)(C)CCC2C(=O)N(CC)CC)OCC(C)(C)CO1. The van der Waals surface area contributed by atoms with Gasteiger partial charge in [-0.05, 0) is 51.0 Å². The number of carbonyl (C=O) groups is 1. The van der Waals surface area contributed by atoms with Crippen molar-refractivity contribution in [3.05, 3.63) is 12.2 Å². The highest BCUT2D eigenvalue weighted by molar-refractivity contribution is 5.81. The van der Waals surface area contributed by atoms with Crippen LogP contribution in [0, 0.1) is 16.7 Å². The maximum atomic E-state index is 13.9. The molecular weight excluding hydrogens is 390 g/mol. The molecule has 0 aromatic rings. The van der Waals surface area contributed by atoms with Crippen LogP contribution in [-0.4, -0.2) is 67.5 Å². The second kappa shape index (κ2) is 9.90. The fourth-order valence-corrected chi connectivity index (χ4v) is 5.26. The molecule has 0 bridgehead atoms. The van der Waals surface area contributed by atoms with E-state index in [1.165, 1.54) is 0 Å². The normalized spacial score (nSPS) is 29.9. The molecular formula is C25H47N3O3. The van der Waals surface area contributed by atoms with Gasteiger partial charge in [0.2, 0.25) is 11.7 Å². The van der Waals surface area contributed by atoms with Crippen molar-refractivity contribution in [2.24, 2.45) is 16.7 Å². The van der Waals surface area contributed by atoms with E-state index in [4.69, 9.17) is 9.47 Å². The monoisotopic (exact) mass is 437 g/mol. The van der Waals surface area contributed by atoms with Gasteiger partial charge in [0.05, 0.1) is 19.1 Å². The lowest BCUT2D eigenvalue weighted by atomic mass is 9.59. The molecule has 1 N–H and O–H groups in total. The molecule has 0 radical (unpaired) electrons. The Bertz CT molecular complexity index is 630. The van der Waals surface area contributed by atoms with Crippen LogP contribution >= 0.6 is 0 Å². The number of ether oxygens (including phenoxy) is 2. The van der Waals surface area contributed by atoms with Crippen LogP contribution in [0.2, 0.25) is 0 Å². The van der Waals surface area contributed by atoms with E-state index in [-0.39, 0.29) is 22.7 Å². The second-order valence-electron chi connectivity index (χ2n) is 11.1. The highest BCUT2D eigenvalue weighted by atomic mass is 16.7. The third-order valence-electron chi connectivity index (χ3n) is 6.81. The lowest BCUT2D eigenvalue weighted by molar-refractivity contribution is -0.326. The van der Waals surface area contributed by atoms with Gasteiger partial charge in [-0.3, -0.25) is 4.79 Å². The zero-order valence-corrected chi connectivity index (χ0v) is 21.5. The van der Waals surface area contributed by atoms with E-state index in [1.54, 1.807) is 0 Å². The Morgan fingerprint density at radius 2 is 1.61 bits per heavy atom. The number of rotatable bonds is 8. The Morgan fingerprint density at radius 3 is 2.10 bits per heavy atom. The van der Waals surface area contributed by atoms with Gasteiger partial charge in [0, 0.05) is 32.6 Å². The Labute approximate surface area is 190 Å². The summed E-state index contributed by atoms with van der Waals surface area (Å²) in [7, 11) is 3.98. The van der Waals surface area contributed by atoms with E-state index in [2.05, 4.69) is 66.0 Å². The topological polar surface area (TPSA) is 54.0 Å². The Hall–Kier alpha value is -0.950. The molecule has 31 heavy (non-hydrogen) atoms. The van der Waals surface area contributed by atoms with Crippen LogP contribution in [0.5, 0.6) is 0 Å². The summed E-state index contributed by atoms with van der Waals surface area (Å²) in [6, 6.07) is 0. The Morgan fingerprint density at radius 1 is 1.03 bits per heavy atom. The lowest BCUT2D eigenvalue weighted by Gasteiger charge is -2.60. The van der Waals surface area contributed by atoms with E-state index in [0.29, 0.717) is 26.3 Å². The highest BCUT2D eigenvalue weighted by Crippen LogP contribution is 2.53. The number of hydrogen-bond donors (Lipinski definition) is 1. The molecule has 1 heterocycles. The summed E-state index contributed by atoms with van der Waals surface area (Å²) < 4.78 is 13.4. The largest absolute Gasteiger partial charge is 0.344 e. The average molecular weight is 438 g/mol. The first-order valence-electron chi connectivity index (χ1n) is 12.1. The van der Waals surface area contributed by atoms with E-state index < -0.39 is 11.3 Å². The summed E-state index contributed by atoms with van der Waals surface area (Å²) in [5, 5.41) is 1.97. The van der Waals surface area contributed by atoms with Crippen LogP contribution in [0.3, 0.4) is 0 Å². The van der Waals surface area contributed by atoms with Crippen molar-refractivity contribution in [1.82, 2.24) is 15.3 Å². The third-order valence-corrected chi connectivity index (χ3v) is 6.81. The first-order chi connectivity index (χ1) is 14.4. The molecule has 2 fully saturated rings. The Balaban J connectivity index is 2.69. The number of nitrogens with one attached hydrogen (secondary N) is 1. The number of nitrogens with zero attached hydrogens (tertiary/aromatic N) is 2. The number of allylic oxidation sites excluding steroid dienone is 1. The number of amides is 1. The number of hydrogen-bond acceptors (Lipinski definition) is 5. The number of carbonyl (C=O) groups excluding carboxylic acids is 1. The van der Waals surface area contributed by atoms with Crippen molar-refractivity contribution in [3.63, 3.8) is 0 Å². The van der Waals surface area contributed by atoms with Gasteiger partial charge in [0.25, 0.3) is 0 Å². The van der Waals surface area contributed by atoms with Crippen LogP contribution in [-0.2, 0) is 14.3 Å². The van der Waals surface area contributed by atoms with Crippen molar-refractivity contribution in [2.45, 2.75) is 85.5 Å². The molecule has 180 valence electrons. The van der Waals surface area contributed by atoms with Crippen LogP contribution in [0.15, 0.2) is 12.2 Å². The van der Waals surface area contributed by atoms with E-state index in [9.17, 15) is 4.79 Å². The molecule has 6 nitrogen and oxygen atoms in total. The van der Waals surface area contributed by atoms with E-state index >= 15 is 0 Å². The second-order valence-corrected chi connectivity index (χ2v) is 11.1. The summed E-state index contributed by atoms with van der Waals surface area (Å²) in [5.41, 5.74) is 3.00. The quantitative estimate of drug-likeness (QED) is 0.455. The summed E-state index contributed by atoms with van der Waals surface area (Å²) in [5.74, 6) is -1.06. The minimum absolute atomic E-state index is 0.0514. The predicted octanol–water partition coefficient (Wildman–Crippen LogP) is 4.22. The van der Waals surface area contributed by atoms with Crippen molar-refractivity contribution in [3.8, 4) is 0 Å². The van der Waals surface area contributed by atoms with Crippen molar-refractivity contribution in [2.75, 3.05) is 40.4 Å². The molecule has 2 unspecified atom stereocenters. The number of hydrazine groups is 1. The molecule has 2 atom stereocenters. The third kappa shape index (κ3) is 5.52. The van der Waals surface area contributed by atoms with Crippen molar-refractivity contribution >= 4 is 5.91 Å². The van der Waals surface area contributed by atoms with Gasteiger partial charge in [-0.2, -0.15) is 0 Å². The molecule has 0 spiro atoms. The summed E-state index contributed by atoms with van der Waals surface area (Å²) in [6.07, 6.45) is 7.68. The molecule has 2 aliphatic rings. The van der Waals surface area contributed by atoms with E-state index in [1.807, 2.05) is 24.0 Å². The molecule has 1 aliphatic carbocycles. The van der Waals surface area contributed by atoms with Gasteiger partial charge in [-0.25, -0.2) is 10.4 Å². The molecule has 1 aliphatic heterocycles.